The molecule has 0 aliphatic heterocycles. The van der Waals surface area contributed by atoms with Crippen LogP contribution in [-0.4, -0.2) is 16.2 Å². The predicted octanol–water partition coefficient (Wildman–Crippen LogP) is 5.00. The van der Waals surface area contributed by atoms with Gasteiger partial charge in [0.2, 0.25) is 0 Å². The molecule has 3 nitrogen and oxygen atoms in total. The number of benzene rings is 1. The lowest BCUT2D eigenvalue weighted by molar-refractivity contribution is 0.343. The van der Waals surface area contributed by atoms with E-state index in [1.54, 1.807) is 0 Å². The third-order valence-electron chi connectivity index (χ3n) is 3.65. The Kier molecular flexibility index (Phi) is 5.92. The maximum atomic E-state index is 6.07. The molecule has 1 aromatic carbocycles. The van der Waals surface area contributed by atoms with Crippen LogP contribution in [0, 0.1) is 5.92 Å². The van der Waals surface area contributed by atoms with Crippen molar-refractivity contribution in [2.45, 2.75) is 52.5 Å². The van der Waals surface area contributed by atoms with Crippen LogP contribution in [0.5, 0.6) is 5.75 Å². The fourth-order valence-corrected chi connectivity index (χ4v) is 2.82. The summed E-state index contributed by atoms with van der Waals surface area (Å²) in [4.78, 5) is 4.67. The van der Waals surface area contributed by atoms with Crippen molar-refractivity contribution in [3.05, 3.63) is 24.0 Å². The normalized spacial score (nSPS) is 11.5. The summed E-state index contributed by atoms with van der Waals surface area (Å²) in [6.07, 6.45) is 3.67. The molecular weight excluding hydrogens is 284 g/mol. The molecule has 0 aliphatic rings. The molecule has 21 heavy (non-hydrogen) atoms. The highest BCUT2D eigenvalue weighted by molar-refractivity contribution is 6.16. The van der Waals surface area contributed by atoms with Gasteiger partial charge in [0.15, 0.2) is 0 Å². The zero-order valence-corrected chi connectivity index (χ0v) is 14.0. The van der Waals surface area contributed by atoms with E-state index in [0.29, 0.717) is 12.5 Å². The minimum absolute atomic E-state index is 0.435. The van der Waals surface area contributed by atoms with E-state index < -0.39 is 0 Å². The number of unbranched alkanes of at least 4 members (excludes halogenated alkanes) is 1. The number of rotatable bonds is 8. The van der Waals surface area contributed by atoms with Gasteiger partial charge in [0.05, 0.1) is 18.0 Å². The third kappa shape index (κ3) is 3.91. The molecular formula is C17H25ClN2O. The fraction of sp³-hybridized carbons (Fsp3) is 0.588. The first-order valence-electron chi connectivity index (χ1n) is 7.84. The van der Waals surface area contributed by atoms with Gasteiger partial charge in [-0.25, -0.2) is 4.98 Å². The van der Waals surface area contributed by atoms with Gasteiger partial charge >= 0.3 is 0 Å². The largest absolute Gasteiger partial charge is 0.492 e. The first-order valence-corrected chi connectivity index (χ1v) is 8.37. The molecule has 0 unspecified atom stereocenters. The van der Waals surface area contributed by atoms with Crippen molar-refractivity contribution in [2.75, 3.05) is 6.61 Å². The minimum atomic E-state index is 0.435. The molecule has 1 heterocycles. The van der Waals surface area contributed by atoms with Crippen molar-refractivity contribution in [1.29, 1.82) is 0 Å². The summed E-state index contributed by atoms with van der Waals surface area (Å²) in [5.74, 6) is 2.98. The second kappa shape index (κ2) is 7.69. The standard InChI is InChI=1S/C17H25ClN2O/c1-4-21-15-10-7-9-14-17(15)19-16(12-18)20(14)11-6-5-8-13(2)3/h7,9-10,13H,4-6,8,11-12H2,1-3H3. The lowest BCUT2D eigenvalue weighted by atomic mass is 10.1. The SMILES string of the molecule is CCOc1cccc2c1nc(CCl)n2CCCCC(C)C. The topological polar surface area (TPSA) is 27.1 Å². The maximum Gasteiger partial charge on any atom is 0.147 e. The van der Waals surface area contributed by atoms with Gasteiger partial charge in [-0.05, 0) is 31.4 Å². The van der Waals surface area contributed by atoms with Crippen molar-refractivity contribution in [3.8, 4) is 5.75 Å². The number of nitrogens with zero attached hydrogens (tertiary/aromatic N) is 2. The molecule has 0 radical (unpaired) electrons. The van der Waals surface area contributed by atoms with Gasteiger partial charge in [-0.3, -0.25) is 0 Å². The molecule has 0 amide bonds. The van der Waals surface area contributed by atoms with Crippen LogP contribution in [0.4, 0.5) is 0 Å². The van der Waals surface area contributed by atoms with Crippen LogP contribution < -0.4 is 4.74 Å². The van der Waals surface area contributed by atoms with Gasteiger partial charge in [0.1, 0.15) is 17.1 Å². The molecule has 1 aromatic heterocycles. The Hall–Kier alpha value is -1.22. The highest BCUT2D eigenvalue weighted by Gasteiger charge is 2.13. The van der Waals surface area contributed by atoms with E-state index in [9.17, 15) is 0 Å². The summed E-state index contributed by atoms with van der Waals surface area (Å²) in [6.45, 7) is 8.15. The molecule has 0 spiro atoms. The van der Waals surface area contributed by atoms with Crippen molar-refractivity contribution >= 4 is 22.6 Å². The Labute approximate surface area is 132 Å². The average Bonchev–Trinajstić information content (AvgIpc) is 2.83. The number of para-hydroxylation sites is 1. The Morgan fingerprint density at radius 1 is 1.29 bits per heavy atom. The first-order chi connectivity index (χ1) is 10.2. The monoisotopic (exact) mass is 308 g/mol. The van der Waals surface area contributed by atoms with Crippen LogP contribution >= 0.6 is 11.6 Å². The van der Waals surface area contributed by atoms with E-state index in [0.717, 1.165) is 41.5 Å². The highest BCUT2D eigenvalue weighted by Crippen LogP contribution is 2.27. The summed E-state index contributed by atoms with van der Waals surface area (Å²) in [5, 5.41) is 0. The number of hydrogen-bond donors (Lipinski definition) is 0. The number of aromatic nitrogens is 2. The molecule has 0 atom stereocenters. The van der Waals surface area contributed by atoms with Gasteiger partial charge in [-0.1, -0.05) is 32.8 Å². The molecule has 116 valence electrons. The smallest absolute Gasteiger partial charge is 0.147 e. The van der Waals surface area contributed by atoms with Gasteiger partial charge in [0, 0.05) is 6.54 Å². The zero-order chi connectivity index (χ0) is 15.2. The number of alkyl halides is 1. The Bertz CT molecular complexity index is 577. The van der Waals surface area contributed by atoms with Gasteiger partial charge in [-0.2, -0.15) is 0 Å². The van der Waals surface area contributed by atoms with E-state index in [4.69, 9.17) is 16.3 Å². The predicted molar refractivity (Wildman–Crippen MR) is 89.1 cm³/mol. The first kappa shape index (κ1) is 16.2. The molecule has 0 bridgehead atoms. The molecule has 0 fully saturated rings. The van der Waals surface area contributed by atoms with E-state index in [-0.39, 0.29) is 0 Å². The summed E-state index contributed by atoms with van der Waals surface area (Å²) in [5.41, 5.74) is 2.06. The number of imidazole rings is 1. The van der Waals surface area contributed by atoms with Crippen LogP contribution in [0.15, 0.2) is 18.2 Å². The van der Waals surface area contributed by atoms with Crippen molar-refractivity contribution in [2.24, 2.45) is 5.92 Å². The summed E-state index contributed by atoms with van der Waals surface area (Å²) < 4.78 is 7.91. The zero-order valence-electron chi connectivity index (χ0n) is 13.2. The number of fused-ring (bicyclic) bond motifs is 1. The Morgan fingerprint density at radius 3 is 2.76 bits per heavy atom. The highest BCUT2D eigenvalue weighted by atomic mass is 35.5. The van der Waals surface area contributed by atoms with Crippen LogP contribution in [0.25, 0.3) is 11.0 Å². The molecule has 2 aromatic rings. The van der Waals surface area contributed by atoms with E-state index in [2.05, 4.69) is 29.5 Å². The fourth-order valence-electron chi connectivity index (χ4n) is 2.62. The van der Waals surface area contributed by atoms with Crippen LogP contribution in [0.1, 0.15) is 45.9 Å². The van der Waals surface area contributed by atoms with Gasteiger partial charge in [0.25, 0.3) is 0 Å². The third-order valence-corrected chi connectivity index (χ3v) is 3.89. The summed E-state index contributed by atoms with van der Waals surface area (Å²) >= 11 is 6.07. The quantitative estimate of drug-likeness (QED) is 0.507. The van der Waals surface area contributed by atoms with Crippen molar-refractivity contribution < 1.29 is 4.74 Å². The minimum Gasteiger partial charge on any atom is -0.492 e. The molecule has 0 aliphatic carbocycles. The molecule has 0 saturated heterocycles. The van der Waals surface area contributed by atoms with Crippen LogP contribution in [0.2, 0.25) is 0 Å². The Morgan fingerprint density at radius 2 is 2.10 bits per heavy atom. The lowest BCUT2D eigenvalue weighted by Crippen LogP contribution is -2.03. The average molecular weight is 309 g/mol. The number of aryl methyl sites for hydroxylation is 1. The maximum absolute atomic E-state index is 6.07. The van der Waals surface area contributed by atoms with E-state index in [1.165, 1.54) is 12.8 Å². The van der Waals surface area contributed by atoms with Crippen molar-refractivity contribution in [1.82, 2.24) is 9.55 Å². The number of hydrogen-bond acceptors (Lipinski definition) is 2. The molecule has 2 rings (SSSR count). The van der Waals surface area contributed by atoms with E-state index in [1.807, 2.05) is 19.1 Å². The van der Waals surface area contributed by atoms with Crippen LogP contribution in [0.3, 0.4) is 0 Å². The second-order valence-electron chi connectivity index (χ2n) is 5.76. The van der Waals surface area contributed by atoms with Crippen LogP contribution in [-0.2, 0) is 12.4 Å². The van der Waals surface area contributed by atoms with Gasteiger partial charge < -0.3 is 9.30 Å². The summed E-state index contributed by atoms with van der Waals surface area (Å²) in [7, 11) is 0. The summed E-state index contributed by atoms with van der Waals surface area (Å²) in [6, 6.07) is 6.10. The van der Waals surface area contributed by atoms with Gasteiger partial charge in [-0.15, -0.1) is 11.6 Å². The molecule has 4 heteroatoms. The Balaban J connectivity index is 2.22. The second-order valence-corrected chi connectivity index (χ2v) is 6.03. The molecule has 0 N–H and O–H groups in total. The van der Waals surface area contributed by atoms with Crippen molar-refractivity contribution in [3.63, 3.8) is 0 Å². The molecule has 0 saturated carbocycles. The van der Waals surface area contributed by atoms with E-state index >= 15 is 0 Å². The number of halogens is 1. The lowest BCUT2D eigenvalue weighted by Gasteiger charge is -2.09. The number of ether oxygens (including phenoxy) is 1.